The molecule has 6 heteroatoms. The molecule has 0 aliphatic carbocycles. The molecule has 2 heterocycles. The van der Waals surface area contributed by atoms with Crippen LogP contribution in [0.2, 0.25) is 0 Å². The van der Waals surface area contributed by atoms with Crippen LogP contribution in [0.3, 0.4) is 0 Å². The van der Waals surface area contributed by atoms with Crippen molar-refractivity contribution < 1.29 is 4.79 Å². The Morgan fingerprint density at radius 3 is 3.00 bits per heavy atom. The van der Waals surface area contributed by atoms with Gasteiger partial charge in [-0.1, -0.05) is 12.1 Å². The van der Waals surface area contributed by atoms with Gasteiger partial charge in [-0.05, 0) is 43.0 Å². The van der Waals surface area contributed by atoms with E-state index >= 15 is 0 Å². The van der Waals surface area contributed by atoms with E-state index in [1.807, 2.05) is 22.9 Å². The fourth-order valence-corrected chi connectivity index (χ4v) is 3.35. The molecule has 2 aromatic rings. The molecule has 1 aliphatic heterocycles. The van der Waals surface area contributed by atoms with Crippen LogP contribution in [0.15, 0.2) is 36.9 Å². The number of amides is 1. The normalized spacial score (nSPS) is 18.5. The van der Waals surface area contributed by atoms with Crippen molar-refractivity contribution >= 4 is 5.91 Å². The second-order valence-corrected chi connectivity index (χ2v) is 6.76. The van der Waals surface area contributed by atoms with Crippen LogP contribution in [0.4, 0.5) is 0 Å². The molecule has 0 radical (unpaired) electrons. The highest BCUT2D eigenvalue weighted by molar-refractivity contribution is 5.94. The highest BCUT2D eigenvalue weighted by Gasteiger charge is 2.21. The van der Waals surface area contributed by atoms with E-state index in [0.717, 1.165) is 31.7 Å². The van der Waals surface area contributed by atoms with Crippen LogP contribution in [-0.4, -0.2) is 57.7 Å². The summed E-state index contributed by atoms with van der Waals surface area (Å²) in [5, 5.41) is 4.21. The lowest BCUT2D eigenvalue weighted by Crippen LogP contribution is -2.36. The Morgan fingerprint density at radius 1 is 1.38 bits per heavy atom. The van der Waals surface area contributed by atoms with Gasteiger partial charge in [0.15, 0.2) is 0 Å². The van der Waals surface area contributed by atoms with E-state index in [4.69, 9.17) is 0 Å². The Balaban J connectivity index is 1.61. The third kappa shape index (κ3) is 4.20. The van der Waals surface area contributed by atoms with Gasteiger partial charge in [-0.3, -0.25) is 14.4 Å². The van der Waals surface area contributed by atoms with Gasteiger partial charge in [0.25, 0.3) is 5.91 Å². The molecule has 1 aliphatic rings. The molecule has 0 saturated carbocycles. The highest BCUT2D eigenvalue weighted by atomic mass is 16.2. The topological polar surface area (TPSA) is 54.3 Å². The van der Waals surface area contributed by atoms with E-state index in [2.05, 4.69) is 21.0 Å². The number of aromatic nitrogens is 3. The second kappa shape index (κ2) is 7.57. The number of piperidine rings is 1. The summed E-state index contributed by atoms with van der Waals surface area (Å²) >= 11 is 0. The van der Waals surface area contributed by atoms with Gasteiger partial charge < -0.3 is 4.90 Å². The first kappa shape index (κ1) is 16.6. The number of benzene rings is 1. The maximum absolute atomic E-state index is 12.1. The van der Waals surface area contributed by atoms with Crippen LogP contribution in [0, 0.1) is 5.92 Å². The molecule has 1 aromatic carbocycles. The summed E-state index contributed by atoms with van der Waals surface area (Å²) < 4.78 is 1.92. The minimum Gasteiger partial charge on any atom is -0.345 e. The van der Waals surface area contributed by atoms with Crippen molar-refractivity contribution in [1.29, 1.82) is 0 Å². The zero-order valence-corrected chi connectivity index (χ0v) is 14.4. The van der Waals surface area contributed by atoms with E-state index in [1.54, 1.807) is 31.6 Å². The quantitative estimate of drug-likeness (QED) is 0.841. The van der Waals surface area contributed by atoms with E-state index in [0.29, 0.717) is 5.92 Å². The van der Waals surface area contributed by atoms with Crippen molar-refractivity contribution in [2.75, 3.05) is 27.2 Å². The number of nitrogens with zero attached hydrogens (tertiary/aromatic N) is 5. The summed E-state index contributed by atoms with van der Waals surface area (Å²) in [5.74, 6) is 0.659. The fraction of sp³-hybridized carbons (Fsp3) is 0.500. The molecule has 0 N–H and O–H groups in total. The number of hydrogen-bond donors (Lipinski definition) is 0. The Labute approximate surface area is 143 Å². The lowest BCUT2D eigenvalue weighted by molar-refractivity contribution is 0.0827. The van der Waals surface area contributed by atoms with Gasteiger partial charge in [-0.25, -0.2) is 4.98 Å². The third-order valence-electron chi connectivity index (χ3n) is 4.50. The number of likely N-dealkylation sites (tertiary alicyclic amines) is 1. The smallest absolute Gasteiger partial charge is 0.253 e. The summed E-state index contributed by atoms with van der Waals surface area (Å²) in [6, 6.07) is 7.98. The average molecular weight is 327 g/mol. The van der Waals surface area contributed by atoms with Crippen molar-refractivity contribution in [3.05, 3.63) is 48.0 Å². The first-order valence-corrected chi connectivity index (χ1v) is 8.47. The Hall–Kier alpha value is -2.21. The van der Waals surface area contributed by atoms with Crippen LogP contribution < -0.4 is 0 Å². The molecular weight excluding hydrogens is 302 g/mol. The second-order valence-electron chi connectivity index (χ2n) is 6.76. The maximum Gasteiger partial charge on any atom is 0.253 e. The number of rotatable bonds is 5. The van der Waals surface area contributed by atoms with Gasteiger partial charge in [0.05, 0.1) is 0 Å². The highest BCUT2D eigenvalue weighted by Crippen LogP contribution is 2.20. The molecule has 0 bridgehead atoms. The van der Waals surface area contributed by atoms with Crippen molar-refractivity contribution in [1.82, 2.24) is 24.6 Å². The van der Waals surface area contributed by atoms with Gasteiger partial charge >= 0.3 is 0 Å². The summed E-state index contributed by atoms with van der Waals surface area (Å²) in [5.41, 5.74) is 1.96. The first-order valence-electron chi connectivity index (χ1n) is 8.47. The van der Waals surface area contributed by atoms with E-state index < -0.39 is 0 Å². The maximum atomic E-state index is 12.1. The molecule has 128 valence electrons. The van der Waals surface area contributed by atoms with Crippen LogP contribution in [0.1, 0.15) is 28.8 Å². The van der Waals surface area contributed by atoms with Crippen LogP contribution >= 0.6 is 0 Å². The Bertz CT molecular complexity index is 668. The van der Waals surface area contributed by atoms with Gasteiger partial charge in [0.1, 0.15) is 12.7 Å². The summed E-state index contributed by atoms with van der Waals surface area (Å²) in [6.07, 6.45) is 5.81. The standard InChI is InChI=1S/C18H25N5O/c1-21(2)18(24)17-7-3-5-15(9-17)10-22-8-4-6-16(11-22)12-23-14-19-13-20-23/h3,5,7,9,13-14,16H,4,6,8,10-12H2,1-2H3/t16-/m0/s1. The summed E-state index contributed by atoms with van der Waals surface area (Å²) in [7, 11) is 3.57. The van der Waals surface area contributed by atoms with E-state index in [1.165, 1.54) is 18.4 Å². The minimum atomic E-state index is 0.0551. The molecule has 3 rings (SSSR count). The zero-order valence-electron chi connectivity index (χ0n) is 14.4. The largest absolute Gasteiger partial charge is 0.345 e. The Morgan fingerprint density at radius 2 is 2.25 bits per heavy atom. The van der Waals surface area contributed by atoms with Gasteiger partial charge in [-0.15, -0.1) is 0 Å². The average Bonchev–Trinajstić information content (AvgIpc) is 3.07. The first-order chi connectivity index (χ1) is 11.6. The van der Waals surface area contributed by atoms with Crippen LogP contribution in [0.5, 0.6) is 0 Å². The van der Waals surface area contributed by atoms with Crippen molar-refractivity contribution in [3.63, 3.8) is 0 Å². The molecule has 1 amide bonds. The molecule has 1 aromatic heterocycles. The van der Waals surface area contributed by atoms with Crippen LogP contribution in [-0.2, 0) is 13.1 Å². The molecule has 24 heavy (non-hydrogen) atoms. The SMILES string of the molecule is CN(C)C(=O)c1cccc(CN2CCC[C@H](Cn3cncn3)C2)c1. The molecular formula is C18H25N5O. The molecule has 1 fully saturated rings. The van der Waals surface area contributed by atoms with Gasteiger partial charge in [-0.2, -0.15) is 5.10 Å². The van der Waals surface area contributed by atoms with Gasteiger partial charge in [0.2, 0.25) is 0 Å². The van der Waals surface area contributed by atoms with E-state index in [9.17, 15) is 4.79 Å². The molecule has 1 saturated heterocycles. The minimum absolute atomic E-state index is 0.0551. The fourth-order valence-electron chi connectivity index (χ4n) is 3.35. The molecule has 6 nitrogen and oxygen atoms in total. The van der Waals surface area contributed by atoms with E-state index in [-0.39, 0.29) is 5.91 Å². The van der Waals surface area contributed by atoms with Crippen LogP contribution in [0.25, 0.3) is 0 Å². The number of carbonyl (C=O) groups excluding carboxylic acids is 1. The Kier molecular flexibility index (Phi) is 5.25. The lowest BCUT2D eigenvalue weighted by atomic mass is 9.97. The van der Waals surface area contributed by atoms with Crippen molar-refractivity contribution in [2.45, 2.75) is 25.9 Å². The number of carbonyl (C=O) groups is 1. The summed E-state index contributed by atoms with van der Waals surface area (Å²) in [6.45, 7) is 3.99. The van der Waals surface area contributed by atoms with Crippen molar-refractivity contribution in [2.24, 2.45) is 5.92 Å². The molecule has 0 unspecified atom stereocenters. The van der Waals surface area contributed by atoms with Gasteiger partial charge in [0, 0.05) is 39.3 Å². The predicted octanol–water partition coefficient (Wildman–Crippen LogP) is 1.89. The zero-order chi connectivity index (χ0) is 16.9. The number of hydrogen-bond acceptors (Lipinski definition) is 4. The monoisotopic (exact) mass is 327 g/mol. The summed E-state index contributed by atoms with van der Waals surface area (Å²) in [4.78, 5) is 20.2. The molecule has 0 spiro atoms. The van der Waals surface area contributed by atoms with Crippen molar-refractivity contribution in [3.8, 4) is 0 Å². The predicted molar refractivity (Wildman–Crippen MR) is 92.5 cm³/mol. The molecule has 1 atom stereocenters. The lowest BCUT2D eigenvalue weighted by Gasteiger charge is -2.32. The third-order valence-corrected chi connectivity index (χ3v) is 4.50.